The van der Waals surface area contributed by atoms with Crippen molar-refractivity contribution < 1.29 is 4.79 Å². The summed E-state index contributed by atoms with van der Waals surface area (Å²) in [5.41, 5.74) is 0. The molecule has 118 valence electrons. The second kappa shape index (κ2) is 6.97. The Labute approximate surface area is 134 Å². The molecule has 2 aliphatic rings. The Balaban J connectivity index is 1.54. The zero-order chi connectivity index (χ0) is 15.4. The number of hydrogen-bond acceptors (Lipinski definition) is 5. The number of carbonyl (C=O) groups excluding carboxylic acids is 1. The van der Waals surface area contributed by atoms with Crippen LogP contribution in [0, 0.1) is 11.5 Å². The van der Waals surface area contributed by atoms with E-state index in [1.165, 1.54) is 37.0 Å². The van der Waals surface area contributed by atoms with Crippen LogP contribution in [-0.2, 0) is 0 Å². The molecule has 0 aromatic carbocycles. The van der Waals surface area contributed by atoms with Gasteiger partial charge in [0.2, 0.25) is 0 Å². The number of likely N-dealkylation sites (tertiary alicyclic amines) is 1. The minimum Gasteiger partial charge on any atom is -0.322 e. The van der Waals surface area contributed by atoms with Gasteiger partial charge in [-0.25, -0.2) is 9.78 Å². The van der Waals surface area contributed by atoms with E-state index in [1.54, 1.807) is 16.2 Å². The molecule has 2 amide bonds. The first kappa shape index (κ1) is 15.1. The Kier molecular flexibility index (Phi) is 4.78. The molecule has 0 unspecified atom stereocenters. The van der Waals surface area contributed by atoms with Gasteiger partial charge < -0.3 is 10.2 Å². The maximum absolute atomic E-state index is 12.2. The fourth-order valence-corrected chi connectivity index (χ4v) is 4.22. The van der Waals surface area contributed by atoms with E-state index in [1.807, 2.05) is 12.4 Å². The molecule has 6 nitrogen and oxygen atoms in total. The summed E-state index contributed by atoms with van der Waals surface area (Å²) in [6.45, 7) is 1.24. The van der Waals surface area contributed by atoms with Gasteiger partial charge in [0.25, 0.3) is 0 Å². The van der Waals surface area contributed by atoms with Crippen LogP contribution >= 0.6 is 11.3 Å². The summed E-state index contributed by atoms with van der Waals surface area (Å²) >= 11 is 1.60. The predicted octanol–water partition coefficient (Wildman–Crippen LogP) is 2.87. The molecule has 2 heterocycles. The lowest BCUT2D eigenvalue weighted by Gasteiger charge is -2.19. The van der Waals surface area contributed by atoms with Gasteiger partial charge >= 0.3 is 6.03 Å². The van der Waals surface area contributed by atoms with E-state index < -0.39 is 0 Å². The normalized spacial score (nSPS) is 22.3. The molecule has 1 aromatic rings. The zero-order valence-corrected chi connectivity index (χ0v) is 13.4. The molecule has 0 bridgehead atoms. The van der Waals surface area contributed by atoms with Gasteiger partial charge in [0.05, 0.1) is 6.04 Å². The van der Waals surface area contributed by atoms with Gasteiger partial charge in [-0.1, -0.05) is 19.3 Å². The number of amides is 2. The quantitative estimate of drug-likeness (QED) is 0.663. The number of carbonyl (C=O) groups is 1. The number of thiazole rings is 1. The summed E-state index contributed by atoms with van der Waals surface area (Å²) in [7, 11) is 0. The number of nitrogens with zero attached hydrogens (tertiary/aromatic N) is 3. The fraction of sp³-hybridized carbons (Fsp3) is 0.667. The summed E-state index contributed by atoms with van der Waals surface area (Å²) in [6, 6.07) is -0.0448. The zero-order valence-electron chi connectivity index (χ0n) is 12.5. The van der Waals surface area contributed by atoms with Crippen molar-refractivity contribution in [2.24, 2.45) is 0 Å². The molecule has 3 rings (SSSR count). The van der Waals surface area contributed by atoms with Crippen LogP contribution in [0.1, 0.15) is 49.3 Å². The van der Waals surface area contributed by atoms with Crippen LogP contribution in [0.3, 0.4) is 0 Å². The standard InChI is InChI=1S/C15H21N5OS/c16-10-18-12-6-7-20(9-12)15(21)19-14-17-8-13(22-14)11-4-2-1-3-5-11/h8,11-12,18H,1-7,9H2,(H,17,19,21)/t12-/m0/s1. The van der Waals surface area contributed by atoms with Crippen molar-refractivity contribution in [2.75, 3.05) is 18.4 Å². The van der Waals surface area contributed by atoms with E-state index >= 15 is 0 Å². The molecule has 0 radical (unpaired) electrons. The largest absolute Gasteiger partial charge is 0.323 e. The molecule has 1 atom stereocenters. The molecule has 1 aliphatic heterocycles. The van der Waals surface area contributed by atoms with Crippen molar-refractivity contribution in [3.8, 4) is 6.19 Å². The lowest BCUT2D eigenvalue weighted by Crippen LogP contribution is -2.36. The summed E-state index contributed by atoms with van der Waals surface area (Å²) in [6.07, 6.45) is 11.1. The molecule has 7 heteroatoms. The van der Waals surface area contributed by atoms with E-state index in [9.17, 15) is 4.79 Å². The van der Waals surface area contributed by atoms with Crippen molar-refractivity contribution in [2.45, 2.75) is 50.5 Å². The van der Waals surface area contributed by atoms with Crippen LogP contribution in [0.4, 0.5) is 9.93 Å². The molecule has 1 saturated carbocycles. The van der Waals surface area contributed by atoms with E-state index in [0.717, 1.165) is 6.42 Å². The van der Waals surface area contributed by atoms with Gasteiger partial charge in [0, 0.05) is 24.2 Å². The summed E-state index contributed by atoms with van der Waals surface area (Å²) in [5, 5.41) is 14.9. The molecule has 1 saturated heterocycles. The van der Waals surface area contributed by atoms with Crippen LogP contribution in [0.2, 0.25) is 0 Å². The number of anilines is 1. The Hall–Kier alpha value is -1.81. The maximum atomic E-state index is 12.2. The second-order valence-corrected chi connectivity index (χ2v) is 7.08. The smallest absolute Gasteiger partial charge is 0.322 e. The molecule has 1 aromatic heterocycles. The fourth-order valence-electron chi connectivity index (χ4n) is 3.24. The summed E-state index contributed by atoms with van der Waals surface area (Å²) in [4.78, 5) is 19.6. The van der Waals surface area contributed by atoms with Crippen molar-refractivity contribution in [1.82, 2.24) is 15.2 Å². The van der Waals surface area contributed by atoms with E-state index in [0.29, 0.717) is 24.1 Å². The number of nitriles is 1. The summed E-state index contributed by atoms with van der Waals surface area (Å²) in [5.74, 6) is 0.618. The van der Waals surface area contributed by atoms with E-state index in [4.69, 9.17) is 5.26 Å². The van der Waals surface area contributed by atoms with Gasteiger partial charge in [0.15, 0.2) is 11.3 Å². The minimum absolute atomic E-state index is 0.0739. The van der Waals surface area contributed by atoms with Crippen LogP contribution in [0.15, 0.2) is 6.20 Å². The third kappa shape index (κ3) is 3.50. The predicted molar refractivity (Wildman–Crippen MR) is 85.7 cm³/mol. The highest BCUT2D eigenvalue weighted by Crippen LogP contribution is 2.36. The lowest BCUT2D eigenvalue weighted by molar-refractivity contribution is 0.221. The van der Waals surface area contributed by atoms with Crippen molar-refractivity contribution in [1.29, 1.82) is 5.26 Å². The first-order valence-corrected chi connectivity index (χ1v) is 8.74. The maximum Gasteiger partial charge on any atom is 0.323 e. The highest BCUT2D eigenvalue weighted by molar-refractivity contribution is 7.15. The Morgan fingerprint density at radius 3 is 2.95 bits per heavy atom. The first-order chi connectivity index (χ1) is 10.8. The van der Waals surface area contributed by atoms with Gasteiger partial charge in [-0.2, -0.15) is 5.26 Å². The number of rotatable bonds is 3. The third-order valence-electron chi connectivity index (χ3n) is 4.49. The van der Waals surface area contributed by atoms with E-state index in [-0.39, 0.29) is 12.1 Å². The minimum atomic E-state index is -0.119. The highest BCUT2D eigenvalue weighted by Gasteiger charge is 2.26. The van der Waals surface area contributed by atoms with Crippen molar-refractivity contribution in [3.63, 3.8) is 0 Å². The Morgan fingerprint density at radius 1 is 1.36 bits per heavy atom. The van der Waals surface area contributed by atoms with Crippen LogP contribution in [0.25, 0.3) is 0 Å². The number of nitrogens with one attached hydrogen (secondary N) is 2. The molecule has 22 heavy (non-hydrogen) atoms. The molecular weight excluding hydrogens is 298 g/mol. The first-order valence-electron chi connectivity index (χ1n) is 7.92. The van der Waals surface area contributed by atoms with Crippen LogP contribution in [0.5, 0.6) is 0 Å². The molecule has 2 N–H and O–H groups in total. The van der Waals surface area contributed by atoms with Gasteiger partial charge in [-0.05, 0) is 25.2 Å². The molecular formula is C15H21N5OS. The number of urea groups is 1. The topological polar surface area (TPSA) is 81.0 Å². The monoisotopic (exact) mass is 319 g/mol. The Bertz CT molecular complexity index is 561. The van der Waals surface area contributed by atoms with Crippen molar-refractivity contribution >= 4 is 22.5 Å². The van der Waals surface area contributed by atoms with Crippen LogP contribution in [-0.4, -0.2) is 35.0 Å². The van der Waals surface area contributed by atoms with E-state index in [2.05, 4.69) is 15.6 Å². The summed E-state index contributed by atoms with van der Waals surface area (Å²) < 4.78 is 0. The molecule has 2 fully saturated rings. The van der Waals surface area contributed by atoms with Gasteiger partial charge in [-0.3, -0.25) is 5.32 Å². The van der Waals surface area contributed by atoms with Gasteiger partial charge in [-0.15, -0.1) is 11.3 Å². The second-order valence-electron chi connectivity index (χ2n) is 6.02. The third-order valence-corrected chi connectivity index (χ3v) is 5.56. The van der Waals surface area contributed by atoms with Gasteiger partial charge in [0.1, 0.15) is 0 Å². The average Bonchev–Trinajstić information content (AvgIpc) is 3.18. The number of aromatic nitrogens is 1. The highest BCUT2D eigenvalue weighted by atomic mass is 32.1. The lowest BCUT2D eigenvalue weighted by atomic mass is 9.89. The average molecular weight is 319 g/mol. The molecule has 1 aliphatic carbocycles. The van der Waals surface area contributed by atoms with Crippen LogP contribution < -0.4 is 10.6 Å². The Morgan fingerprint density at radius 2 is 2.18 bits per heavy atom. The molecule has 0 spiro atoms. The SMILES string of the molecule is N#CN[C@H]1CCN(C(=O)Nc2ncc(C3CCCCC3)s2)C1. The number of hydrogen-bond donors (Lipinski definition) is 2. The van der Waals surface area contributed by atoms with Crippen molar-refractivity contribution in [3.05, 3.63) is 11.1 Å².